The zero-order valence-corrected chi connectivity index (χ0v) is 13.3. The van der Waals surface area contributed by atoms with Crippen LogP contribution < -0.4 is 16.8 Å². The van der Waals surface area contributed by atoms with Gasteiger partial charge in [-0.2, -0.15) is 0 Å². The Bertz CT molecular complexity index is 490. The molecule has 0 saturated carbocycles. The van der Waals surface area contributed by atoms with Crippen LogP contribution in [0.15, 0.2) is 24.3 Å². The molecule has 2 amide bonds. The summed E-state index contributed by atoms with van der Waals surface area (Å²) in [7, 11) is 0. The minimum Gasteiger partial charge on any atom is -0.366 e. The van der Waals surface area contributed by atoms with E-state index in [-0.39, 0.29) is 18.3 Å². The smallest absolute Gasteiger partial charge is 0.248 e. The van der Waals surface area contributed by atoms with Crippen molar-refractivity contribution in [3.8, 4) is 0 Å². The number of hydrogen-bond acceptors (Lipinski definition) is 3. The van der Waals surface area contributed by atoms with Crippen LogP contribution in [-0.2, 0) is 11.2 Å². The number of carbonyl (C=O) groups is 2. The Morgan fingerprint density at radius 1 is 1.33 bits per heavy atom. The molecule has 118 valence electrons. The Labute approximate surface area is 131 Å². The fourth-order valence-electron chi connectivity index (χ4n) is 2.04. The van der Waals surface area contributed by atoms with E-state index in [1.807, 2.05) is 13.0 Å². The molecule has 0 heterocycles. The highest BCUT2D eigenvalue weighted by atomic mass is 35.5. The van der Waals surface area contributed by atoms with Gasteiger partial charge in [-0.15, -0.1) is 12.4 Å². The third kappa shape index (κ3) is 6.14. The average Bonchev–Trinajstić information content (AvgIpc) is 2.38. The van der Waals surface area contributed by atoms with Crippen molar-refractivity contribution in [2.24, 2.45) is 11.5 Å². The lowest BCUT2D eigenvalue weighted by molar-refractivity contribution is -0.126. The second-order valence-electron chi connectivity index (χ2n) is 5.24. The highest BCUT2D eigenvalue weighted by Gasteiger charge is 2.26. The maximum absolute atomic E-state index is 11.9. The fourth-order valence-corrected chi connectivity index (χ4v) is 2.04. The molecule has 0 radical (unpaired) electrons. The Morgan fingerprint density at radius 2 is 2.00 bits per heavy atom. The maximum atomic E-state index is 11.9. The molecule has 0 aliphatic carbocycles. The van der Waals surface area contributed by atoms with E-state index < -0.39 is 11.4 Å². The minimum atomic E-state index is -0.830. The van der Waals surface area contributed by atoms with Crippen LogP contribution in [0.3, 0.4) is 0 Å². The number of hydrogen-bond donors (Lipinski definition) is 3. The molecule has 0 aromatic heterocycles. The molecule has 1 rings (SSSR count). The molecule has 1 atom stereocenters. The van der Waals surface area contributed by atoms with Crippen LogP contribution in [0.1, 0.15) is 42.6 Å². The number of nitrogens with two attached hydrogens (primary N) is 2. The summed E-state index contributed by atoms with van der Waals surface area (Å²) in [6, 6.07) is 7.08. The van der Waals surface area contributed by atoms with Crippen LogP contribution in [0.5, 0.6) is 0 Å². The zero-order valence-electron chi connectivity index (χ0n) is 12.5. The first-order valence-corrected chi connectivity index (χ1v) is 6.82. The fraction of sp³-hybridized carbons (Fsp3) is 0.467. The normalized spacial score (nSPS) is 12.9. The minimum absolute atomic E-state index is 0. The van der Waals surface area contributed by atoms with Crippen molar-refractivity contribution >= 4 is 24.2 Å². The van der Waals surface area contributed by atoms with E-state index >= 15 is 0 Å². The molecule has 0 aliphatic heterocycles. The second kappa shape index (κ2) is 8.64. The van der Waals surface area contributed by atoms with Gasteiger partial charge in [0.05, 0.1) is 5.54 Å². The zero-order chi connectivity index (χ0) is 15.2. The number of rotatable bonds is 7. The van der Waals surface area contributed by atoms with Gasteiger partial charge < -0.3 is 16.8 Å². The van der Waals surface area contributed by atoms with Crippen LogP contribution >= 0.6 is 12.4 Å². The van der Waals surface area contributed by atoms with Crippen molar-refractivity contribution in [3.63, 3.8) is 0 Å². The maximum Gasteiger partial charge on any atom is 0.248 e. The van der Waals surface area contributed by atoms with Crippen LogP contribution in [0.4, 0.5) is 0 Å². The Morgan fingerprint density at radius 3 is 2.57 bits per heavy atom. The number of benzene rings is 1. The summed E-state index contributed by atoms with van der Waals surface area (Å²) in [4.78, 5) is 23.0. The highest BCUT2D eigenvalue weighted by molar-refractivity contribution is 5.92. The Balaban J connectivity index is 0.00000400. The summed E-state index contributed by atoms with van der Waals surface area (Å²) in [5.74, 6) is -0.598. The third-order valence-corrected chi connectivity index (χ3v) is 3.20. The number of nitrogens with one attached hydrogen (secondary N) is 1. The van der Waals surface area contributed by atoms with Gasteiger partial charge in [-0.1, -0.05) is 25.5 Å². The average molecular weight is 314 g/mol. The van der Waals surface area contributed by atoms with E-state index in [0.717, 1.165) is 12.0 Å². The summed E-state index contributed by atoms with van der Waals surface area (Å²) in [6.07, 6.45) is 2.14. The quantitative estimate of drug-likeness (QED) is 0.709. The molecule has 0 saturated heterocycles. The van der Waals surface area contributed by atoms with Crippen LogP contribution in [0.2, 0.25) is 0 Å². The van der Waals surface area contributed by atoms with Crippen LogP contribution in [0.25, 0.3) is 0 Å². The van der Waals surface area contributed by atoms with Gasteiger partial charge in [-0.3, -0.25) is 9.59 Å². The van der Waals surface area contributed by atoms with E-state index in [4.69, 9.17) is 11.5 Å². The molecule has 5 nitrogen and oxygen atoms in total. The largest absolute Gasteiger partial charge is 0.366 e. The van der Waals surface area contributed by atoms with Crippen molar-refractivity contribution in [1.29, 1.82) is 0 Å². The SMILES string of the molecule is CCCC(C)(N)C(=O)NCCc1cccc(C(N)=O)c1.Cl. The van der Waals surface area contributed by atoms with Gasteiger partial charge in [0.1, 0.15) is 0 Å². The predicted molar refractivity (Wildman–Crippen MR) is 86.4 cm³/mol. The van der Waals surface area contributed by atoms with Gasteiger partial charge in [-0.05, 0) is 37.5 Å². The van der Waals surface area contributed by atoms with Crippen molar-refractivity contribution in [3.05, 3.63) is 35.4 Å². The summed E-state index contributed by atoms with van der Waals surface area (Å²) < 4.78 is 0. The molecule has 6 heteroatoms. The van der Waals surface area contributed by atoms with Gasteiger partial charge in [0.15, 0.2) is 0 Å². The van der Waals surface area contributed by atoms with Gasteiger partial charge in [-0.25, -0.2) is 0 Å². The first-order valence-electron chi connectivity index (χ1n) is 6.82. The summed E-state index contributed by atoms with van der Waals surface area (Å²) in [6.45, 7) is 4.21. The summed E-state index contributed by atoms with van der Waals surface area (Å²) in [5, 5.41) is 2.82. The van der Waals surface area contributed by atoms with E-state index in [1.54, 1.807) is 25.1 Å². The third-order valence-electron chi connectivity index (χ3n) is 3.20. The van der Waals surface area contributed by atoms with E-state index in [0.29, 0.717) is 24.9 Å². The molecule has 0 aliphatic rings. The molecule has 5 N–H and O–H groups in total. The van der Waals surface area contributed by atoms with Crippen molar-refractivity contribution in [2.45, 2.75) is 38.6 Å². The summed E-state index contributed by atoms with van der Waals surface area (Å²) >= 11 is 0. The number of carbonyl (C=O) groups excluding carboxylic acids is 2. The van der Waals surface area contributed by atoms with Crippen molar-refractivity contribution in [1.82, 2.24) is 5.32 Å². The Kier molecular flexibility index (Phi) is 7.99. The lowest BCUT2D eigenvalue weighted by atomic mass is 9.96. The number of amides is 2. The molecule has 1 unspecified atom stereocenters. The van der Waals surface area contributed by atoms with Crippen LogP contribution in [0, 0.1) is 0 Å². The van der Waals surface area contributed by atoms with Gasteiger partial charge in [0.2, 0.25) is 11.8 Å². The summed E-state index contributed by atoms with van der Waals surface area (Å²) in [5.41, 5.74) is 11.8. The molecule has 0 fully saturated rings. The topological polar surface area (TPSA) is 98.2 Å². The first-order chi connectivity index (χ1) is 9.36. The predicted octanol–water partition coefficient (Wildman–Crippen LogP) is 1.38. The highest BCUT2D eigenvalue weighted by Crippen LogP contribution is 2.09. The first kappa shape index (κ1) is 19.4. The standard InChI is InChI=1S/C15H23N3O2.ClH/c1-3-8-15(2,17)14(20)18-9-7-11-5-4-6-12(10-11)13(16)19;/h4-6,10H,3,7-9,17H2,1-2H3,(H2,16,19)(H,18,20);1H. The number of halogens is 1. The van der Waals surface area contributed by atoms with E-state index in [9.17, 15) is 9.59 Å². The van der Waals surface area contributed by atoms with Gasteiger partial charge >= 0.3 is 0 Å². The van der Waals surface area contributed by atoms with E-state index in [1.165, 1.54) is 0 Å². The second-order valence-corrected chi connectivity index (χ2v) is 5.24. The monoisotopic (exact) mass is 313 g/mol. The lowest BCUT2D eigenvalue weighted by Gasteiger charge is -2.22. The lowest BCUT2D eigenvalue weighted by Crippen LogP contribution is -2.51. The Hall–Kier alpha value is -1.59. The molecule has 1 aromatic rings. The molecular formula is C15H24ClN3O2. The molecule has 0 spiro atoms. The van der Waals surface area contributed by atoms with Crippen molar-refractivity contribution in [2.75, 3.05) is 6.54 Å². The molecule has 0 bridgehead atoms. The van der Waals surface area contributed by atoms with Crippen molar-refractivity contribution < 1.29 is 9.59 Å². The van der Waals surface area contributed by atoms with Gasteiger partial charge in [0, 0.05) is 12.1 Å². The van der Waals surface area contributed by atoms with E-state index in [2.05, 4.69) is 5.32 Å². The van der Waals surface area contributed by atoms with Gasteiger partial charge in [0.25, 0.3) is 0 Å². The molecule has 1 aromatic carbocycles. The number of primary amides is 1. The van der Waals surface area contributed by atoms with Crippen LogP contribution in [-0.4, -0.2) is 23.9 Å². The molecular weight excluding hydrogens is 290 g/mol. The molecule has 21 heavy (non-hydrogen) atoms.